The molecule has 0 aliphatic carbocycles. The molecule has 3 aromatic carbocycles. The topological polar surface area (TPSA) is 53.6 Å². The number of halogens is 3. The molecule has 0 unspecified atom stereocenters. The lowest BCUT2D eigenvalue weighted by Gasteiger charge is -2.56. The van der Waals surface area contributed by atoms with Gasteiger partial charge >= 0.3 is 0 Å². The summed E-state index contributed by atoms with van der Waals surface area (Å²) in [7, 11) is 0. The van der Waals surface area contributed by atoms with Crippen LogP contribution in [-0.2, 0) is 4.79 Å². The molecule has 0 spiro atoms. The molecule has 2 aliphatic rings. The lowest BCUT2D eigenvalue weighted by atomic mass is 9.78. The second-order valence-electron chi connectivity index (χ2n) is 8.06. The molecule has 1 saturated heterocycles. The molecule has 1 fully saturated rings. The van der Waals surface area contributed by atoms with E-state index < -0.39 is 11.6 Å². The SMILES string of the molecule is C[C@]12Oc3ccc(Br)cc3[C@H](NC(=S)N1c1cccc(Br)c1)[C@@H]2C(=O)Nc1ccc(Cl)cc1. The van der Waals surface area contributed by atoms with E-state index in [0.29, 0.717) is 21.6 Å². The Hall–Kier alpha value is -2.13. The Bertz CT molecular complexity index is 1270. The predicted octanol–water partition coefficient (Wildman–Crippen LogP) is 6.66. The molecular formula is C24H18Br2ClN3O2S. The molecule has 2 heterocycles. The molecule has 0 aromatic heterocycles. The van der Waals surface area contributed by atoms with Crippen molar-refractivity contribution in [2.75, 3.05) is 10.2 Å². The van der Waals surface area contributed by atoms with Crippen LogP contribution >= 0.6 is 55.7 Å². The van der Waals surface area contributed by atoms with Crippen molar-refractivity contribution in [1.29, 1.82) is 0 Å². The largest absolute Gasteiger partial charge is 0.467 e. The monoisotopic (exact) mass is 605 g/mol. The van der Waals surface area contributed by atoms with E-state index in [1.807, 2.05) is 54.3 Å². The van der Waals surface area contributed by atoms with Crippen molar-refractivity contribution in [3.05, 3.63) is 86.3 Å². The number of anilines is 2. The summed E-state index contributed by atoms with van der Waals surface area (Å²) >= 11 is 18.9. The average molecular weight is 608 g/mol. The van der Waals surface area contributed by atoms with Gasteiger partial charge in [0.25, 0.3) is 0 Å². The standard InChI is InChI=1S/C24H18Br2ClN3O2S/c1-24-20(22(31)28-16-8-6-15(27)7-9-16)21(18-12-14(26)5-10-19(18)32-24)29-23(33)30(24)17-4-2-3-13(25)11-17/h2-12,20-21H,1H3,(H,28,31)(H,29,33)/t20-,21+,24-/m1/s1. The minimum absolute atomic E-state index is 0.189. The van der Waals surface area contributed by atoms with Gasteiger partial charge in [-0.2, -0.15) is 0 Å². The number of ether oxygens (including phenoxy) is 1. The van der Waals surface area contributed by atoms with Crippen LogP contribution in [0.1, 0.15) is 18.5 Å². The molecule has 2 aliphatic heterocycles. The van der Waals surface area contributed by atoms with Gasteiger partial charge in [0.15, 0.2) is 10.8 Å². The Kier molecular flexibility index (Phi) is 5.89. The smallest absolute Gasteiger partial charge is 0.236 e. The van der Waals surface area contributed by atoms with E-state index in [-0.39, 0.29) is 11.9 Å². The van der Waals surface area contributed by atoms with Crippen molar-refractivity contribution in [2.45, 2.75) is 18.7 Å². The Balaban J connectivity index is 1.63. The van der Waals surface area contributed by atoms with E-state index >= 15 is 0 Å². The number of rotatable bonds is 3. The maximum absolute atomic E-state index is 13.8. The van der Waals surface area contributed by atoms with Gasteiger partial charge in [0.05, 0.1) is 6.04 Å². The molecule has 1 amide bonds. The minimum Gasteiger partial charge on any atom is -0.467 e. The van der Waals surface area contributed by atoms with Crippen LogP contribution in [0.5, 0.6) is 5.75 Å². The van der Waals surface area contributed by atoms with Crippen molar-refractivity contribution in [1.82, 2.24) is 5.32 Å². The van der Waals surface area contributed by atoms with Gasteiger partial charge in [-0.3, -0.25) is 9.69 Å². The number of thiocarbonyl (C=S) groups is 1. The van der Waals surface area contributed by atoms with Gasteiger partial charge < -0.3 is 15.4 Å². The highest BCUT2D eigenvalue weighted by molar-refractivity contribution is 9.10. The molecule has 33 heavy (non-hydrogen) atoms. The van der Waals surface area contributed by atoms with Gasteiger partial charge in [0, 0.05) is 30.9 Å². The number of nitrogens with zero attached hydrogens (tertiary/aromatic N) is 1. The molecule has 3 aromatic rings. The number of nitrogens with one attached hydrogen (secondary N) is 2. The molecular weight excluding hydrogens is 590 g/mol. The van der Waals surface area contributed by atoms with Crippen molar-refractivity contribution < 1.29 is 9.53 Å². The van der Waals surface area contributed by atoms with E-state index in [2.05, 4.69) is 42.5 Å². The highest BCUT2D eigenvalue weighted by Gasteiger charge is 2.59. The zero-order valence-corrected chi connectivity index (χ0v) is 22.1. The van der Waals surface area contributed by atoms with Crippen LogP contribution < -0.4 is 20.3 Å². The van der Waals surface area contributed by atoms with E-state index in [4.69, 9.17) is 28.6 Å². The summed E-state index contributed by atoms with van der Waals surface area (Å²) in [5, 5.41) is 7.53. The first-order valence-corrected chi connectivity index (χ1v) is 12.5. The van der Waals surface area contributed by atoms with E-state index in [0.717, 1.165) is 20.2 Å². The van der Waals surface area contributed by atoms with Crippen molar-refractivity contribution in [2.24, 2.45) is 5.92 Å². The van der Waals surface area contributed by atoms with Crippen LogP contribution in [0, 0.1) is 5.92 Å². The van der Waals surface area contributed by atoms with Gasteiger partial charge in [-0.05, 0) is 79.8 Å². The Morgan fingerprint density at radius 1 is 1.12 bits per heavy atom. The molecule has 3 atom stereocenters. The van der Waals surface area contributed by atoms with Gasteiger partial charge in [0.2, 0.25) is 5.91 Å². The second kappa shape index (κ2) is 8.58. The first-order chi connectivity index (χ1) is 15.8. The fraction of sp³-hybridized carbons (Fsp3) is 0.167. The molecule has 0 saturated carbocycles. The summed E-state index contributed by atoms with van der Waals surface area (Å²) < 4.78 is 8.39. The van der Waals surface area contributed by atoms with Crippen molar-refractivity contribution in [3.63, 3.8) is 0 Å². The number of hydrogen-bond donors (Lipinski definition) is 2. The van der Waals surface area contributed by atoms with Crippen molar-refractivity contribution >= 4 is 78.1 Å². The summed E-state index contributed by atoms with van der Waals surface area (Å²) in [6.45, 7) is 1.91. The average Bonchev–Trinajstić information content (AvgIpc) is 2.75. The molecule has 5 rings (SSSR count). The molecule has 0 radical (unpaired) electrons. The number of carbonyl (C=O) groups excluding carboxylic acids is 1. The van der Waals surface area contributed by atoms with Crippen LogP contribution in [0.2, 0.25) is 5.02 Å². The second-order valence-corrected chi connectivity index (χ2v) is 10.7. The number of hydrogen-bond acceptors (Lipinski definition) is 3. The third-order valence-electron chi connectivity index (χ3n) is 5.92. The van der Waals surface area contributed by atoms with Crippen LogP contribution in [-0.4, -0.2) is 16.7 Å². The van der Waals surface area contributed by atoms with Crippen LogP contribution in [0.25, 0.3) is 0 Å². The molecule has 168 valence electrons. The Morgan fingerprint density at radius 3 is 2.58 bits per heavy atom. The lowest BCUT2D eigenvalue weighted by molar-refractivity contribution is -0.130. The lowest BCUT2D eigenvalue weighted by Crippen LogP contribution is -2.72. The van der Waals surface area contributed by atoms with E-state index in [9.17, 15) is 4.79 Å². The van der Waals surface area contributed by atoms with Crippen LogP contribution in [0.3, 0.4) is 0 Å². The van der Waals surface area contributed by atoms with E-state index in [1.165, 1.54) is 0 Å². The first-order valence-electron chi connectivity index (χ1n) is 10.2. The van der Waals surface area contributed by atoms with Gasteiger partial charge in [-0.1, -0.05) is 49.5 Å². The third-order valence-corrected chi connectivity index (χ3v) is 7.46. The number of fused-ring (bicyclic) bond motifs is 4. The molecule has 9 heteroatoms. The predicted molar refractivity (Wildman–Crippen MR) is 142 cm³/mol. The summed E-state index contributed by atoms with van der Waals surface area (Å²) in [5.74, 6) is -0.109. The highest BCUT2D eigenvalue weighted by atomic mass is 79.9. The fourth-order valence-corrected chi connectivity index (χ4v) is 5.82. The number of carbonyl (C=O) groups is 1. The molecule has 2 N–H and O–H groups in total. The molecule has 2 bridgehead atoms. The van der Waals surface area contributed by atoms with Gasteiger partial charge in [-0.15, -0.1) is 0 Å². The fourth-order valence-electron chi connectivity index (χ4n) is 4.51. The first kappa shape index (κ1) is 22.7. The zero-order valence-electron chi connectivity index (χ0n) is 17.3. The summed E-state index contributed by atoms with van der Waals surface area (Å²) in [5.41, 5.74) is 1.26. The van der Waals surface area contributed by atoms with Gasteiger partial charge in [0.1, 0.15) is 11.7 Å². The highest BCUT2D eigenvalue weighted by Crippen LogP contribution is 2.50. The van der Waals surface area contributed by atoms with Crippen molar-refractivity contribution in [3.8, 4) is 5.75 Å². The molecule has 5 nitrogen and oxygen atoms in total. The number of amides is 1. The maximum Gasteiger partial charge on any atom is 0.236 e. The van der Waals surface area contributed by atoms with Crippen LogP contribution in [0.4, 0.5) is 11.4 Å². The summed E-state index contributed by atoms with van der Waals surface area (Å²) in [4.78, 5) is 15.6. The number of benzene rings is 3. The summed E-state index contributed by atoms with van der Waals surface area (Å²) in [6.07, 6.45) is 0. The van der Waals surface area contributed by atoms with Gasteiger partial charge in [-0.25, -0.2) is 0 Å². The zero-order chi connectivity index (χ0) is 23.3. The maximum atomic E-state index is 13.8. The Morgan fingerprint density at radius 2 is 1.85 bits per heavy atom. The van der Waals surface area contributed by atoms with E-state index in [1.54, 1.807) is 24.3 Å². The Labute approximate surface area is 218 Å². The summed E-state index contributed by atoms with van der Waals surface area (Å²) in [6, 6.07) is 20.2. The third kappa shape index (κ3) is 4.03. The normalized spacial score (nSPS) is 23.3. The van der Waals surface area contributed by atoms with Crippen LogP contribution in [0.15, 0.2) is 75.7 Å². The minimum atomic E-state index is -1.08. The quantitative estimate of drug-likeness (QED) is 0.326.